The topological polar surface area (TPSA) is 59.6 Å². The molecule has 0 saturated carbocycles. The molecule has 0 atom stereocenters. The Hall–Kier alpha value is -2.18. The molecule has 0 amide bonds. The summed E-state index contributed by atoms with van der Waals surface area (Å²) in [5, 5.41) is 4.26. The fraction of sp³-hybridized carbons (Fsp3) is 0.0667. The second-order valence-corrected chi connectivity index (χ2v) is 5.14. The van der Waals surface area contributed by atoms with Crippen molar-refractivity contribution in [1.29, 1.82) is 0 Å². The summed E-state index contributed by atoms with van der Waals surface area (Å²) >= 11 is 10.6. The van der Waals surface area contributed by atoms with Crippen molar-refractivity contribution in [3.63, 3.8) is 0 Å². The van der Waals surface area contributed by atoms with E-state index in [0.717, 1.165) is 5.56 Å². The molecule has 22 heavy (non-hydrogen) atoms. The Labute approximate surface area is 137 Å². The summed E-state index contributed by atoms with van der Waals surface area (Å²) in [5.74, 6) is 0.171. The van der Waals surface area contributed by atoms with Crippen LogP contribution in [0.3, 0.4) is 0 Å². The van der Waals surface area contributed by atoms with Crippen LogP contribution >= 0.6 is 23.8 Å². The summed E-state index contributed by atoms with van der Waals surface area (Å²) in [7, 11) is 0. The molecule has 0 aliphatic rings. The molecule has 2 rings (SSSR count). The normalized spacial score (nSPS) is 10.6. The van der Waals surface area contributed by atoms with Gasteiger partial charge in [-0.3, -0.25) is 5.43 Å². The van der Waals surface area contributed by atoms with E-state index in [-0.39, 0.29) is 11.7 Å². The van der Waals surface area contributed by atoms with Gasteiger partial charge in [-0.1, -0.05) is 29.8 Å². The molecule has 114 valence electrons. The first-order valence-corrected chi connectivity index (χ1v) is 7.09. The highest BCUT2D eigenvalue weighted by Gasteiger charge is 2.07. The Balaban J connectivity index is 2.04. The van der Waals surface area contributed by atoms with Crippen molar-refractivity contribution in [3.05, 3.63) is 64.4 Å². The fourth-order valence-corrected chi connectivity index (χ4v) is 1.95. The Morgan fingerprint density at radius 2 is 2.14 bits per heavy atom. The third kappa shape index (κ3) is 4.68. The van der Waals surface area contributed by atoms with Crippen molar-refractivity contribution in [2.45, 2.75) is 6.61 Å². The molecule has 4 nitrogen and oxygen atoms in total. The molecule has 2 aromatic carbocycles. The molecule has 0 aliphatic heterocycles. The van der Waals surface area contributed by atoms with Gasteiger partial charge in [-0.05, 0) is 42.0 Å². The van der Waals surface area contributed by atoms with Crippen molar-refractivity contribution in [1.82, 2.24) is 5.43 Å². The fourth-order valence-electron chi connectivity index (χ4n) is 1.68. The Morgan fingerprint density at radius 1 is 1.36 bits per heavy atom. The SMILES string of the molecule is NC(=S)NN=Cc1cccc(OCc2c(F)cccc2Cl)c1. The lowest BCUT2D eigenvalue weighted by Crippen LogP contribution is -2.23. The van der Waals surface area contributed by atoms with Crippen LogP contribution in [0.4, 0.5) is 4.39 Å². The lowest BCUT2D eigenvalue weighted by Gasteiger charge is -2.09. The smallest absolute Gasteiger partial charge is 0.184 e. The molecule has 0 unspecified atom stereocenters. The van der Waals surface area contributed by atoms with Crippen LogP contribution in [0.5, 0.6) is 5.75 Å². The van der Waals surface area contributed by atoms with E-state index in [1.807, 2.05) is 6.07 Å². The summed E-state index contributed by atoms with van der Waals surface area (Å²) in [6.07, 6.45) is 1.54. The van der Waals surface area contributed by atoms with E-state index in [1.54, 1.807) is 36.5 Å². The lowest BCUT2D eigenvalue weighted by atomic mass is 10.2. The molecule has 0 fully saturated rings. The Morgan fingerprint density at radius 3 is 2.86 bits per heavy atom. The van der Waals surface area contributed by atoms with E-state index in [2.05, 4.69) is 22.7 Å². The minimum atomic E-state index is -0.397. The number of nitrogens with two attached hydrogens (primary N) is 1. The molecular weight excluding hydrogens is 325 g/mol. The summed E-state index contributed by atoms with van der Waals surface area (Å²) in [6, 6.07) is 11.6. The van der Waals surface area contributed by atoms with Gasteiger partial charge in [0, 0.05) is 5.56 Å². The zero-order valence-corrected chi connectivity index (χ0v) is 13.0. The maximum Gasteiger partial charge on any atom is 0.184 e. The molecule has 0 saturated heterocycles. The maximum atomic E-state index is 13.7. The number of thiocarbonyl (C=S) groups is 1. The number of halogens is 2. The number of hydrazone groups is 1. The van der Waals surface area contributed by atoms with Crippen molar-refractivity contribution in [2.75, 3.05) is 0 Å². The predicted octanol–water partition coefficient (Wildman–Crippen LogP) is 3.23. The van der Waals surface area contributed by atoms with E-state index < -0.39 is 5.82 Å². The van der Waals surface area contributed by atoms with Gasteiger partial charge in [0.2, 0.25) is 0 Å². The van der Waals surface area contributed by atoms with Crippen LogP contribution in [-0.4, -0.2) is 11.3 Å². The van der Waals surface area contributed by atoms with Gasteiger partial charge >= 0.3 is 0 Å². The molecule has 0 aliphatic carbocycles. The highest BCUT2D eigenvalue weighted by molar-refractivity contribution is 7.80. The number of ether oxygens (including phenoxy) is 1. The number of rotatable bonds is 5. The summed E-state index contributed by atoms with van der Waals surface area (Å²) in [6.45, 7) is 0.0389. The zero-order valence-electron chi connectivity index (χ0n) is 11.4. The maximum absolute atomic E-state index is 13.7. The van der Waals surface area contributed by atoms with Gasteiger partial charge in [0.05, 0.1) is 11.2 Å². The molecule has 7 heteroatoms. The van der Waals surface area contributed by atoms with Gasteiger partial charge in [-0.25, -0.2) is 4.39 Å². The molecule has 0 aromatic heterocycles. The van der Waals surface area contributed by atoms with Gasteiger partial charge in [-0.2, -0.15) is 5.10 Å². The summed E-state index contributed by atoms with van der Waals surface area (Å²) in [4.78, 5) is 0. The highest BCUT2D eigenvalue weighted by atomic mass is 35.5. The van der Waals surface area contributed by atoms with Gasteiger partial charge in [-0.15, -0.1) is 0 Å². The first-order chi connectivity index (χ1) is 10.6. The van der Waals surface area contributed by atoms with Crippen LogP contribution in [0.25, 0.3) is 0 Å². The van der Waals surface area contributed by atoms with Crippen LogP contribution < -0.4 is 15.9 Å². The van der Waals surface area contributed by atoms with Crippen LogP contribution in [-0.2, 0) is 6.61 Å². The van der Waals surface area contributed by atoms with Crippen molar-refractivity contribution < 1.29 is 9.13 Å². The van der Waals surface area contributed by atoms with Crippen LogP contribution in [0.1, 0.15) is 11.1 Å². The predicted molar refractivity (Wildman–Crippen MR) is 89.7 cm³/mol. The van der Waals surface area contributed by atoms with Crippen molar-refractivity contribution in [2.24, 2.45) is 10.8 Å². The number of nitrogens with one attached hydrogen (secondary N) is 1. The Kier molecular flexibility index (Phi) is 5.68. The van der Waals surface area contributed by atoms with Gasteiger partial charge in [0.1, 0.15) is 18.2 Å². The second-order valence-electron chi connectivity index (χ2n) is 4.30. The van der Waals surface area contributed by atoms with Gasteiger partial charge in [0.15, 0.2) is 5.11 Å². The third-order valence-corrected chi connectivity index (χ3v) is 3.14. The number of hydrogen-bond acceptors (Lipinski definition) is 3. The van der Waals surface area contributed by atoms with Gasteiger partial charge in [0.25, 0.3) is 0 Å². The summed E-state index contributed by atoms with van der Waals surface area (Å²) < 4.78 is 19.2. The third-order valence-electron chi connectivity index (χ3n) is 2.69. The second kappa shape index (κ2) is 7.72. The summed E-state index contributed by atoms with van der Waals surface area (Å²) in [5.41, 5.74) is 8.81. The highest BCUT2D eigenvalue weighted by Crippen LogP contribution is 2.21. The van der Waals surface area contributed by atoms with Crippen LogP contribution in [0.2, 0.25) is 5.02 Å². The van der Waals surface area contributed by atoms with Gasteiger partial charge < -0.3 is 10.5 Å². The number of benzene rings is 2. The van der Waals surface area contributed by atoms with Crippen molar-refractivity contribution in [3.8, 4) is 5.75 Å². The average Bonchev–Trinajstić information content (AvgIpc) is 2.47. The zero-order chi connectivity index (χ0) is 15.9. The molecular formula is C15H13ClFN3OS. The van der Waals surface area contributed by atoms with Crippen LogP contribution in [0, 0.1) is 5.82 Å². The molecule has 3 N–H and O–H groups in total. The van der Waals surface area contributed by atoms with E-state index in [0.29, 0.717) is 16.3 Å². The van der Waals surface area contributed by atoms with E-state index in [1.165, 1.54) is 6.07 Å². The quantitative estimate of drug-likeness (QED) is 0.499. The van der Waals surface area contributed by atoms with Crippen LogP contribution in [0.15, 0.2) is 47.6 Å². The minimum Gasteiger partial charge on any atom is -0.489 e. The van der Waals surface area contributed by atoms with E-state index in [9.17, 15) is 4.39 Å². The minimum absolute atomic E-state index is 0.0389. The molecule has 0 bridgehead atoms. The van der Waals surface area contributed by atoms with E-state index >= 15 is 0 Å². The molecule has 0 spiro atoms. The Bertz CT molecular complexity index is 689. The largest absolute Gasteiger partial charge is 0.489 e. The van der Waals surface area contributed by atoms with E-state index in [4.69, 9.17) is 22.1 Å². The monoisotopic (exact) mass is 337 g/mol. The first kappa shape index (κ1) is 16.2. The van der Waals surface area contributed by atoms with Crippen molar-refractivity contribution >= 4 is 35.1 Å². The molecule has 0 heterocycles. The standard InChI is InChI=1S/C15H13ClFN3OS/c16-13-5-2-6-14(17)12(13)9-21-11-4-1-3-10(7-11)8-19-20-15(18)22/h1-8H,9H2,(H3,18,20,22). The molecule has 0 radical (unpaired) electrons. The average molecular weight is 338 g/mol. The number of hydrogen-bond donors (Lipinski definition) is 2. The first-order valence-electron chi connectivity index (χ1n) is 6.30. The number of nitrogens with zero attached hydrogens (tertiary/aromatic N) is 1. The molecule has 2 aromatic rings. The lowest BCUT2D eigenvalue weighted by molar-refractivity contribution is 0.300.